The Morgan fingerprint density at radius 1 is 1.35 bits per heavy atom. The average Bonchev–Trinajstić information content (AvgIpc) is 2.98. The van der Waals surface area contributed by atoms with E-state index in [2.05, 4.69) is 4.98 Å². The summed E-state index contributed by atoms with van der Waals surface area (Å²) in [5, 5.41) is 10.7. The molecule has 4 nitrogen and oxygen atoms in total. The van der Waals surface area contributed by atoms with Gasteiger partial charge in [-0.25, -0.2) is 9.78 Å². The number of carboxylic acid groups (broad SMARTS) is 1. The summed E-state index contributed by atoms with van der Waals surface area (Å²) in [5.41, 5.74) is 3.75. The summed E-state index contributed by atoms with van der Waals surface area (Å²) in [4.78, 5) is 16.2. The standard InChI is InChI=1S/C15H12N2O2S/c1-10-2-4-11(5-3-10)14-12(6-7-13(18)19)17-8-9-20-15(17)16-14/h2-9H,1H3,(H,18,19). The van der Waals surface area contributed by atoms with E-state index in [0.29, 0.717) is 0 Å². The molecule has 3 rings (SSSR count). The summed E-state index contributed by atoms with van der Waals surface area (Å²) < 4.78 is 1.90. The number of aromatic nitrogens is 2. The molecule has 0 aliphatic heterocycles. The molecule has 0 radical (unpaired) electrons. The van der Waals surface area contributed by atoms with Gasteiger partial charge in [0, 0.05) is 23.2 Å². The lowest BCUT2D eigenvalue weighted by Crippen LogP contribution is -1.89. The van der Waals surface area contributed by atoms with Crippen LogP contribution in [0.5, 0.6) is 0 Å². The van der Waals surface area contributed by atoms with Crippen LogP contribution in [0.3, 0.4) is 0 Å². The van der Waals surface area contributed by atoms with Crippen LogP contribution < -0.4 is 0 Å². The van der Waals surface area contributed by atoms with Gasteiger partial charge in [0.05, 0.1) is 11.4 Å². The highest BCUT2D eigenvalue weighted by Crippen LogP contribution is 2.27. The lowest BCUT2D eigenvalue weighted by atomic mass is 10.1. The zero-order valence-electron chi connectivity index (χ0n) is 10.8. The molecule has 2 aromatic heterocycles. The number of imidazole rings is 1. The van der Waals surface area contributed by atoms with E-state index in [1.165, 1.54) is 16.9 Å². The van der Waals surface area contributed by atoms with Crippen molar-refractivity contribution in [2.45, 2.75) is 6.92 Å². The molecule has 3 aromatic rings. The number of aliphatic carboxylic acids is 1. The van der Waals surface area contributed by atoms with Crippen LogP contribution in [-0.4, -0.2) is 20.5 Å². The second-order valence-corrected chi connectivity index (χ2v) is 5.31. The van der Waals surface area contributed by atoms with Gasteiger partial charge >= 0.3 is 5.97 Å². The van der Waals surface area contributed by atoms with E-state index in [1.807, 2.05) is 47.2 Å². The topological polar surface area (TPSA) is 54.6 Å². The summed E-state index contributed by atoms with van der Waals surface area (Å²) in [5.74, 6) is -0.968. The van der Waals surface area contributed by atoms with Crippen LogP contribution in [0, 0.1) is 6.92 Å². The Hall–Kier alpha value is -2.40. The third kappa shape index (κ3) is 2.23. The highest BCUT2D eigenvalue weighted by Gasteiger charge is 2.12. The van der Waals surface area contributed by atoms with E-state index >= 15 is 0 Å². The molecular formula is C15H12N2O2S. The third-order valence-electron chi connectivity index (χ3n) is 3.01. The van der Waals surface area contributed by atoms with Crippen molar-refractivity contribution in [1.29, 1.82) is 0 Å². The largest absolute Gasteiger partial charge is 0.478 e. The maximum absolute atomic E-state index is 10.7. The second-order valence-electron chi connectivity index (χ2n) is 4.44. The lowest BCUT2D eigenvalue weighted by molar-refractivity contribution is -0.131. The summed E-state index contributed by atoms with van der Waals surface area (Å²) in [6.45, 7) is 2.03. The van der Waals surface area contributed by atoms with Gasteiger partial charge in [-0.15, -0.1) is 11.3 Å². The molecule has 1 N–H and O–H groups in total. The molecule has 0 amide bonds. The summed E-state index contributed by atoms with van der Waals surface area (Å²) in [6, 6.07) is 8.04. The van der Waals surface area contributed by atoms with Gasteiger partial charge in [-0.3, -0.25) is 4.40 Å². The zero-order chi connectivity index (χ0) is 14.1. The van der Waals surface area contributed by atoms with Gasteiger partial charge in [0.15, 0.2) is 4.96 Å². The fourth-order valence-electron chi connectivity index (χ4n) is 2.04. The summed E-state index contributed by atoms with van der Waals surface area (Å²) in [6.07, 6.45) is 4.62. The Morgan fingerprint density at radius 3 is 2.80 bits per heavy atom. The van der Waals surface area contributed by atoms with Gasteiger partial charge < -0.3 is 5.11 Å². The van der Waals surface area contributed by atoms with Crippen molar-refractivity contribution in [3.05, 3.63) is 53.2 Å². The van der Waals surface area contributed by atoms with E-state index in [1.54, 1.807) is 6.08 Å². The first kappa shape index (κ1) is 12.6. The third-order valence-corrected chi connectivity index (χ3v) is 3.76. The van der Waals surface area contributed by atoms with Crippen LogP contribution in [0.4, 0.5) is 0 Å². The Labute approximate surface area is 119 Å². The first-order chi connectivity index (χ1) is 9.65. The van der Waals surface area contributed by atoms with Gasteiger partial charge in [-0.05, 0) is 13.0 Å². The molecular weight excluding hydrogens is 272 g/mol. The Balaban J connectivity index is 2.18. The molecule has 0 aliphatic rings. The molecule has 0 atom stereocenters. The van der Waals surface area contributed by atoms with Gasteiger partial charge in [0.25, 0.3) is 0 Å². The van der Waals surface area contributed by atoms with Crippen molar-refractivity contribution < 1.29 is 9.90 Å². The van der Waals surface area contributed by atoms with Gasteiger partial charge in [-0.2, -0.15) is 0 Å². The van der Waals surface area contributed by atoms with Crippen molar-refractivity contribution >= 4 is 28.3 Å². The molecule has 1 aromatic carbocycles. The molecule has 100 valence electrons. The van der Waals surface area contributed by atoms with Crippen LogP contribution in [0.25, 0.3) is 22.3 Å². The molecule has 0 fully saturated rings. The first-order valence-electron chi connectivity index (χ1n) is 6.09. The quantitative estimate of drug-likeness (QED) is 0.749. The molecule has 0 saturated carbocycles. The number of carbonyl (C=O) groups is 1. The van der Waals surface area contributed by atoms with E-state index in [4.69, 9.17) is 5.11 Å². The molecule has 0 saturated heterocycles. The fourth-order valence-corrected chi connectivity index (χ4v) is 2.76. The van der Waals surface area contributed by atoms with Gasteiger partial charge in [0.2, 0.25) is 0 Å². The highest BCUT2D eigenvalue weighted by molar-refractivity contribution is 7.15. The van der Waals surface area contributed by atoms with Crippen LogP contribution in [0.15, 0.2) is 41.9 Å². The lowest BCUT2D eigenvalue weighted by Gasteiger charge is -2.00. The number of hydrogen-bond acceptors (Lipinski definition) is 3. The monoisotopic (exact) mass is 284 g/mol. The number of nitrogens with zero attached hydrogens (tertiary/aromatic N) is 2. The van der Waals surface area contributed by atoms with Crippen molar-refractivity contribution in [3.63, 3.8) is 0 Å². The van der Waals surface area contributed by atoms with Crippen molar-refractivity contribution in [2.75, 3.05) is 0 Å². The molecule has 0 spiro atoms. The maximum Gasteiger partial charge on any atom is 0.328 e. The van der Waals surface area contributed by atoms with Crippen LogP contribution in [0.1, 0.15) is 11.3 Å². The van der Waals surface area contributed by atoms with E-state index in [-0.39, 0.29) is 0 Å². The SMILES string of the molecule is Cc1ccc(-c2nc3sccn3c2C=CC(=O)O)cc1. The molecule has 20 heavy (non-hydrogen) atoms. The highest BCUT2D eigenvalue weighted by atomic mass is 32.1. The molecule has 5 heteroatoms. The minimum absolute atomic E-state index is 0.785. The fraction of sp³-hybridized carbons (Fsp3) is 0.0667. The Morgan fingerprint density at radius 2 is 2.10 bits per heavy atom. The number of fused-ring (bicyclic) bond motifs is 1. The molecule has 2 heterocycles. The predicted octanol–water partition coefficient (Wildman–Crippen LogP) is 3.47. The summed E-state index contributed by atoms with van der Waals surface area (Å²) >= 11 is 1.52. The minimum atomic E-state index is -0.968. The smallest absolute Gasteiger partial charge is 0.328 e. The number of carboxylic acids is 1. The number of thiazole rings is 1. The first-order valence-corrected chi connectivity index (χ1v) is 6.97. The van der Waals surface area contributed by atoms with Crippen LogP contribution in [0.2, 0.25) is 0 Å². The van der Waals surface area contributed by atoms with Crippen LogP contribution >= 0.6 is 11.3 Å². The molecule has 0 bridgehead atoms. The number of hydrogen-bond donors (Lipinski definition) is 1. The number of aryl methyl sites for hydroxylation is 1. The van der Waals surface area contributed by atoms with Crippen molar-refractivity contribution in [2.24, 2.45) is 0 Å². The number of rotatable bonds is 3. The minimum Gasteiger partial charge on any atom is -0.478 e. The molecule has 0 unspecified atom stereocenters. The van der Waals surface area contributed by atoms with Crippen molar-refractivity contribution in [1.82, 2.24) is 9.38 Å². The summed E-state index contributed by atoms with van der Waals surface area (Å²) in [7, 11) is 0. The predicted molar refractivity (Wildman–Crippen MR) is 79.9 cm³/mol. The molecule has 0 aliphatic carbocycles. The van der Waals surface area contributed by atoms with Crippen molar-refractivity contribution in [3.8, 4) is 11.3 Å². The normalized spacial score (nSPS) is 11.4. The zero-order valence-corrected chi connectivity index (χ0v) is 11.6. The number of benzene rings is 1. The maximum atomic E-state index is 10.7. The Kier molecular flexibility index (Phi) is 3.12. The van der Waals surface area contributed by atoms with E-state index in [9.17, 15) is 4.79 Å². The van der Waals surface area contributed by atoms with E-state index < -0.39 is 5.97 Å². The Bertz CT molecular complexity index is 797. The van der Waals surface area contributed by atoms with E-state index in [0.717, 1.165) is 28.0 Å². The van der Waals surface area contributed by atoms with Gasteiger partial charge in [0.1, 0.15) is 0 Å². The average molecular weight is 284 g/mol. The van der Waals surface area contributed by atoms with Gasteiger partial charge in [-0.1, -0.05) is 29.8 Å². The van der Waals surface area contributed by atoms with Crippen LogP contribution in [-0.2, 0) is 4.79 Å². The second kappa shape index (κ2) is 4.94.